The summed E-state index contributed by atoms with van der Waals surface area (Å²) in [6.07, 6.45) is 2.33. The molecular formula is C18H19BrO. The van der Waals surface area contributed by atoms with E-state index >= 15 is 0 Å². The molecule has 0 radical (unpaired) electrons. The summed E-state index contributed by atoms with van der Waals surface area (Å²) in [5, 5.41) is 0. The molecule has 0 heterocycles. The maximum atomic E-state index is 5.50. The standard InChI is InChI=1S/C18H19BrO/c1-2-20-17-9-7-13(8-10-17)18(19)16-11-14-5-3-4-6-15(14)12-16/h3-10,16,18H,2,11-12H2,1H3. The van der Waals surface area contributed by atoms with Gasteiger partial charge in [-0.2, -0.15) is 0 Å². The molecular weight excluding hydrogens is 312 g/mol. The Morgan fingerprint density at radius 2 is 1.65 bits per heavy atom. The molecule has 1 aliphatic carbocycles. The number of halogens is 1. The molecule has 0 amide bonds. The first-order chi connectivity index (χ1) is 9.78. The minimum atomic E-state index is 0.408. The lowest BCUT2D eigenvalue weighted by Gasteiger charge is -2.18. The first-order valence-electron chi connectivity index (χ1n) is 7.21. The summed E-state index contributed by atoms with van der Waals surface area (Å²) in [4.78, 5) is 0.408. The number of hydrogen-bond acceptors (Lipinski definition) is 1. The molecule has 1 atom stereocenters. The Bertz CT molecular complexity index is 551. The van der Waals surface area contributed by atoms with Gasteiger partial charge in [-0.3, -0.25) is 0 Å². The van der Waals surface area contributed by atoms with Crippen molar-refractivity contribution >= 4 is 15.9 Å². The van der Waals surface area contributed by atoms with Gasteiger partial charge in [-0.05, 0) is 54.5 Å². The van der Waals surface area contributed by atoms with E-state index in [0.29, 0.717) is 10.7 Å². The Labute approximate surface area is 129 Å². The van der Waals surface area contributed by atoms with Crippen molar-refractivity contribution < 1.29 is 4.74 Å². The third-order valence-corrected chi connectivity index (χ3v) is 5.28. The monoisotopic (exact) mass is 330 g/mol. The highest BCUT2D eigenvalue weighted by molar-refractivity contribution is 9.09. The van der Waals surface area contributed by atoms with Crippen molar-refractivity contribution in [3.05, 3.63) is 65.2 Å². The quantitative estimate of drug-likeness (QED) is 0.722. The van der Waals surface area contributed by atoms with Crippen molar-refractivity contribution in [1.82, 2.24) is 0 Å². The summed E-state index contributed by atoms with van der Waals surface area (Å²) in [7, 11) is 0. The van der Waals surface area contributed by atoms with Crippen molar-refractivity contribution in [3.63, 3.8) is 0 Å². The SMILES string of the molecule is CCOc1ccc(C(Br)C2Cc3ccccc3C2)cc1. The van der Waals surface area contributed by atoms with Crippen molar-refractivity contribution in [2.75, 3.05) is 6.61 Å². The van der Waals surface area contributed by atoms with Crippen molar-refractivity contribution in [1.29, 1.82) is 0 Å². The average Bonchev–Trinajstić information content (AvgIpc) is 2.91. The van der Waals surface area contributed by atoms with Crippen LogP contribution in [0.1, 0.15) is 28.4 Å². The molecule has 1 unspecified atom stereocenters. The molecule has 2 heteroatoms. The Kier molecular flexibility index (Phi) is 4.11. The molecule has 0 N–H and O–H groups in total. The molecule has 0 fully saturated rings. The van der Waals surface area contributed by atoms with E-state index in [4.69, 9.17) is 4.74 Å². The van der Waals surface area contributed by atoms with E-state index in [2.05, 4.69) is 64.5 Å². The minimum Gasteiger partial charge on any atom is -0.494 e. The second kappa shape index (κ2) is 6.01. The zero-order valence-electron chi connectivity index (χ0n) is 11.7. The molecule has 20 heavy (non-hydrogen) atoms. The van der Waals surface area contributed by atoms with Gasteiger partial charge in [0.25, 0.3) is 0 Å². The van der Waals surface area contributed by atoms with Crippen LogP contribution >= 0.6 is 15.9 Å². The molecule has 0 bridgehead atoms. The van der Waals surface area contributed by atoms with Gasteiger partial charge in [0.1, 0.15) is 5.75 Å². The molecule has 0 aromatic heterocycles. The summed E-state index contributed by atoms with van der Waals surface area (Å²) in [5.74, 6) is 1.59. The Morgan fingerprint density at radius 3 is 2.20 bits per heavy atom. The molecule has 1 aliphatic rings. The van der Waals surface area contributed by atoms with Gasteiger partial charge in [-0.15, -0.1) is 0 Å². The summed E-state index contributed by atoms with van der Waals surface area (Å²) in [5.41, 5.74) is 4.35. The number of ether oxygens (including phenoxy) is 1. The van der Waals surface area contributed by atoms with E-state index in [-0.39, 0.29) is 0 Å². The van der Waals surface area contributed by atoms with Crippen molar-refractivity contribution in [2.24, 2.45) is 5.92 Å². The molecule has 0 saturated heterocycles. The van der Waals surface area contributed by atoms with Gasteiger partial charge in [0.05, 0.1) is 6.61 Å². The van der Waals surface area contributed by atoms with Crippen LogP contribution in [-0.4, -0.2) is 6.61 Å². The maximum absolute atomic E-state index is 5.50. The summed E-state index contributed by atoms with van der Waals surface area (Å²) in [6, 6.07) is 17.3. The first kappa shape index (κ1) is 13.7. The Hall–Kier alpha value is -1.28. The molecule has 1 nitrogen and oxygen atoms in total. The predicted molar refractivity (Wildman–Crippen MR) is 86.6 cm³/mol. The summed E-state index contributed by atoms with van der Waals surface area (Å²) >= 11 is 3.89. The highest BCUT2D eigenvalue weighted by Gasteiger charge is 2.27. The maximum Gasteiger partial charge on any atom is 0.119 e. The van der Waals surface area contributed by atoms with Crippen LogP contribution in [-0.2, 0) is 12.8 Å². The minimum absolute atomic E-state index is 0.408. The van der Waals surface area contributed by atoms with Gasteiger partial charge < -0.3 is 4.74 Å². The van der Waals surface area contributed by atoms with Gasteiger partial charge in [-0.25, -0.2) is 0 Å². The lowest BCUT2D eigenvalue weighted by molar-refractivity contribution is 0.340. The Morgan fingerprint density at radius 1 is 1.05 bits per heavy atom. The van der Waals surface area contributed by atoms with E-state index < -0.39 is 0 Å². The largest absolute Gasteiger partial charge is 0.494 e. The zero-order valence-corrected chi connectivity index (χ0v) is 13.3. The molecule has 104 valence electrons. The second-order valence-electron chi connectivity index (χ2n) is 5.34. The van der Waals surface area contributed by atoms with Crippen LogP contribution in [0.25, 0.3) is 0 Å². The van der Waals surface area contributed by atoms with Crippen LogP contribution in [0.4, 0.5) is 0 Å². The van der Waals surface area contributed by atoms with Gasteiger partial charge in [0, 0.05) is 4.83 Å². The molecule has 2 aromatic rings. The van der Waals surface area contributed by atoms with Gasteiger partial charge in [0.2, 0.25) is 0 Å². The lowest BCUT2D eigenvalue weighted by Crippen LogP contribution is -2.07. The van der Waals surface area contributed by atoms with Gasteiger partial charge in [0.15, 0.2) is 0 Å². The van der Waals surface area contributed by atoms with Crippen molar-refractivity contribution in [2.45, 2.75) is 24.6 Å². The van der Waals surface area contributed by atoms with Crippen LogP contribution in [0.3, 0.4) is 0 Å². The molecule has 0 aliphatic heterocycles. The molecule has 0 saturated carbocycles. The average molecular weight is 331 g/mol. The fourth-order valence-corrected chi connectivity index (χ4v) is 3.67. The number of fused-ring (bicyclic) bond motifs is 1. The smallest absolute Gasteiger partial charge is 0.119 e. The highest BCUT2D eigenvalue weighted by Crippen LogP contribution is 2.40. The summed E-state index contributed by atoms with van der Waals surface area (Å²) in [6.45, 7) is 2.73. The first-order valence-corrected chi connectivity index (χ1v) is 8.13. The number of rotatable bonds is 4. The van der Waals surface area contributed by atoms with Crippen molar-refractivity contribution in [3.8, 4) is 5.75 Å². The van der Waals surface area contributed by atoms with E-state index in [9.17, 15) is 0 Å². The molecule has 3 rings (SSSR count). The van der Waals surface area contributed by atoms with E-state index in [1.807, 2.05) is 6.92 Å². The van der Waals surface area contributed by atoms with E-state index in [1.165, 1.54) is 29.5 Å². The fraction of sp³-hybridized carbons (Fsp3) is 0.333. The van der Waals surface area contributed by atoms with Crippen LogP contribution in [0.15, 0.2) is 48.5 Å². The normalized spacial score (nSPS) is 15.9. The summed E-state index contributed by atoms with van der Waals surface area (Å²) < 4.78 is 5.50. The van der Waals surface area contributed by atoms with Gasteiger partial charge in [-0.1, -0.05) is 52.3 Å². The van der Waals surface area contributed by atoms with E-state index in [0.717, 1.165) is 12.4 Å². The number of alkyl halides is 1. The molecule has 0 spiro atoms. The van der Waals surface area contributed by atoms with E-state index in [1.54, 1.807) is 0 Å². The lowest BCUT2D eigenvalue weighted by atomic mass is 9.96. The number of benzene rings is 2. The zero-order chi connectivity index (χ0) is 13.9. The topological polar surface area (TPSA) is 9.23 Å². The Balaban J connectivity index is 1.72. The van der Waals surface area contributed by atoms with Crippen LogP contribution < -0.4 is 4.74 Å². The highest BCUT2D eigenvalue weighted by atomic mass is 79.9. The third kappa shape index (κ3) is 2.76. The van der Waals surface area contributed by atoms with Crippen LogP contribution in [0.2, 0.25) is 0 Å². The molecule has 2 aromatic carbocycles. The third-order valence-electron chi connectivity index (χ3n) is 4.01. The second-order valence-corrected chi connectivity index (χ2v) is 6.33. The van der Waals surface area contributed by atoms with Crippen LogP contribution in [0.5, 0.6) is 5.75 Å². The van der Waals surface area contributed by atoms with Gasteiger partial charge >= 0.3 is 0 Å². The fourth-order valence-electron chi connectivity index (χ4n) is 2.99. The predicted octanol–water partition coefficient (Wildman–Crippen LogP) is 4.94. The number of hydrogen-bond donors (Lipinski definition) is 0. The van der Waals surface area contributed by atoms with Crippen LogP contribution in [0, 0.1) is 5.92 Å².